The lowest BCUT2D eigenvalue weighted by molar-refractivity contribution is 0.122. The van der Waals surface area contributed by atoms with Crippen LogP contribution in [0.1, 0.15) is 17.0 Å². The number of piperazine rings is 1. The molecule has 0 atom stereocenters. The van der Waals surface area contributed by atoms with Gasteiger partial charge in [-0.25, -0.2) is 18.4 Å². The minimum atomic E-state index is -3.49. The van der Waals surface area contributed by atoms with Crippen LogP contribution in [-0.2, 0) is 14.8 Å². The molecule has 2 aliphatic rings. The minimum Gasteiger partial charge on any atom is -0.378 e. The molecule has 0 spiro atoms. The monoisotopic (exact) mass is 431 g/mol. The number of hydrogen-bond acceptors (Lipinski definition) is 7. The second-order valence-electron chi connectivity index (χ2n) is 7.87. The lowest BCUT2D eigenvalue weighted by Crippen LogP contribution is -2.49. The van der Waals surface area contributed by atoms with Crippen LogP contribution in [0.2, 0.25) is 0 Å². The van der Waals surface area contributed by atoms with E-state index in [-0.39, 0.29) is 0 Å². The summed E-state index contributed by atoms with van der Waals surface area (Å²) in [6, 6.07) is 7.34. The van der Waals surface area contributed by atoms with Crippen LogP contribution < -0.4 is 9.80 Å². The van der Waals surface area contributed by atoms with Gasteiger partial charge < -0.3 is 14.5 Å². The van der Waals surface area contributed by atoms with Crippen LogP contribution in [0.25, 0.3) is 0 Å². The Morgan fingerprint density at radius 2 is 1.40 bits per heavy atom. The minimum absolute atomic E-state index is 0.367. The van der Waals surface area contributed by atoms with Gasteiger partial charge in [-0.1, -0.05) is 6.07 Å². The number of morpholine rings is 1. The molecule has 0 amide bonds. The average molecular weight is 432 g/mol. The smallest absolute Gasteiger partial charge is 0.243 e. The fourth-order valence-corrected chi connectivity index (χ4v) is 5.34. The van der Waals surface area contributed by atoms with E-state index in [2.05, 4.69) is 19.8 Å². The predicted octanol–water partition coefficient (Wildman–Crippen LogP) is 1.75. The molecule has 9 heteroatoms. The maximum atomic E-state index is 13.1. The molecule has 1 aromatic carbocycles. The molecule has 0 saturated carbocycles. The largest absolute Gasteiger partial charge is 0.378 e. The lowest BCUT2D eigenvalue weighted by atomic mass is 10.1. The molecule has 2 saturated heterocycles. The highest BCUT2D eigenvalue weighted by atomic mass is 32.2. The maximum absolute atomic E-state index is 13.1. The van der Waals surface area contributed by atoms with Crippen LogP contribution in [0.15, 0.2) is 29.2 Å². The van der Waals surface area contributed by atoms with Crippen molar-refractivity contribution in [3.05, 3.63) is 41.2 Å². The molecule has 2 fully saturated rings. The average Bonchev–Trinajstić information content (AvgIpc) is 2.76. The van der Waals surface area contributed by atoms with Crippen molar-refractivity contribution in [2.75, 3.05) is 62.3 Å². The standard InChI is InChI=1S/C21H29N5O3S/c1-16-4-5-19(14-17(16)2)30(27,28)26-8-6-24(7-9-26)20-15-21(23-18(3)22-20)25-10-12-29-13-11-25/h4-5,14-15H,6-13H2,1-3H3. The number of nitrogens with zero attached hydrogens (tertiary/aromatic N) is 5. The van der Waals surface area contributed by atoms with Gasteiger partial charge in [0.25, 0.3) is 0 Å². The summed E-state index contributed by atoms with van der Waals surface area (Å²) in [6.45, 7) is 10.9. The Kier molecular flexibility index (Phi) is 5.95. The van der Waals surface area contributed by atoms with E-state index in [9.17, 15) is 8.42 Å². The Hall–Kier alpha value is -2.23. The summed E-state index contributed by atoms with van der Waals surface area (Å²) in [5, 5.41) is 0. The Labute approximate surface area is 178 Å². The van der Waals surface area contributed by atoms with Crippen molar-refractivity contribution in [1.82, 2.24) is 14.3 Å². The summed E-state index contributed by atoms with van der Waals surface area (Å²) in [7, 11) is -3.49. The Balaban J connectivity index is 1.48. The Bertz CT molecular complexity index is 1010. The second-order valence-corrected chi connectivity index (χ2v) is 9.81. The summed E-state index contributed by atoms with van der Waals surface area (Å²) in [5.74, 6) is 2.48. The summed E-state index contributed by atoms with van der Waals surface area (Å²) in [4.78, 5) is 13.9. The number of benzene rings is 1. The summed E-state index contributed by atoms with van der Waals surface area (Å²) in [6.07, 6.45) is 0. The Morgan fingerprint density at radius 3 is 2.00 bits per heavy atom. The molecule has 0 radical (unpaired) electrons. The number of ether oxygens (including phenoxy) is 1. The molecule has 0 aliphatic carbocycles. The van der Waals surface area contributed by atoms with Gasteiger partial charge in [0.2, 0.25) is 10.0 Å². The number of anilines is 2. The maximum Gasteiger partial charge on any atom is 0.243 e. The highest BCUT2D eigenvalue weighted by Gasteiger charge is 2.29. The molecule has 0 bridgehead atoms. The zero-order valence-electron chi connectivity index (χ0n) is 17.8. The first-order chi connectivity index (χ1) is 14.3. The van der Waals surface area contributed by atoms with Crippen LogP contribution in [0.3, 0.4) is 0 Å². The van der Waals surface area contributed by atoms with Crippen molar-refractivity contribution in [2.45, 2.75) is 25.7 Å². The molecular weight excluding hydrogens is 402 g/mol. The van der Waals surface area contributed by atoms with Crippen molar-refractivity contribution in [2.24, 2.45) is 0 Å². The van der Waals surface area contributed by atoms with Gasteiger partial charge in [-0.15, -0.1) is 0 Å². The molecular formula is C21H29N5O3S. The van der Waals surface area contributed by atoms with E-state index in [1.165, 1.54) is 0 Å². The number of sulfonamides is 1. The molecule has 162 valence electrons. The second kappa shape index (κ2) is 8.49. The van der Waals surface area contributed by atoms with Crippen LogP contribution in [0, 0.1) is 20.8 Å². The van der Waals surface area contributed by atoms with Crippen molar-refractivity contribution in [1.29, 1.82) is 0 Å². The van der Waals surface area contributed by atoms with Gasteiger partial charge in [0.1, 0.15) is 17.5 Å². The van der Waals surface area contributed by atoms with E-state index >= 15 is 0 Å². The van der Waals surface area contributed by atoms with E-state index in [1.807, 2.05) is 32.9 Å². The molecule has 3 heterocycles. The summed E-state index contributed by atoms with van der Waals surface area (Å²) >= 11 is 0. The zero-order chi connectivity index (χ0) is 21.3. The van der Waals surface area contributed by atoms with Gasteiger partial charge in [-0.3, -0.25) is 0 Å². The van der Waals surface area contributed by atoms with Crippen molar-refractivity contribution in [3.8, 4) is 0 Å². The van der Waals surface area contributed by atoms with Crippen LogP contribution in [-0.4, -0.2) is 75.2 Å². The molecule has 2 aliphatic heterocycles. The van der Waals surface area contributed by atoms with Gasteiger partial charge in [0.15, 0.2) is 0 Å². The molecule has 30 heavy (non-hydrogen) atoms. The molecule has 1 aromatic heterocycles. The molecule has 2 aromatic rings. The van der Waals surface area contributed by atoms with Crippen LogP contribution in [0.5, 0.6) is 0 Å². The van der Waals surface area contributed by atoms with Gasteiger partial charge in [-0.2, -0.15) is 4.31 Å². The van der Waals surface area contributed by atoms with E-state index in [0.29, 0.717) is 44.3 Å². The van der Waals surface area contributed by atoms with Gasteiger partial charge in [0, 0.05) is 45.3 Å². The quantitative estimate of drug-likeness (QED) is 0.730. The number of aromatic nitrogens is 2. The molecule has 4 rings (SSSR count). The van der Waals surface area contributed by atoms with Crippen molar-refractivity contribution >= 4 is 21.7 Å². The van der Waals surface area contributed by atoms with Gasteiger partial charge >= 0.3 is 0 Å². The third kappa shape index (κ3) is 4.28. The van der Waals surface area contributed by atoms with Gasteiger partial charge in [0.05, 0.1) is 18.1 Å². The topological polar surface area (TPSA) is 78.9 Å². The predicted molar refractivity (Wildman–Crippen MR) is 117 cm³/mol. The van der Waals surface area contributed by atoms with Crippen LogP contribution >= 0.6 is 0 Å². The highest BCUT2D eigenvalue weighted by Crippen LogP contribution is 2.24. The van der Waals surface area contributed by atoms with E-state index in [1.54, 1.807) is 16.4 Å². The molecule has 0 unspecified atom stereocenters. The van der Waals surface area contributed by atoms with E-state index in [4.69, 9.17) is 4.74 Å². The van der Waals surface area contributed by atoms with E-state index < -0.39 is 10.0 Å². The number of hydrogen-bond donors (Lipinski definition) is 0. The SMILES string of the molecule is Cc1nc(N2CCOCC2)cc(N2CCN(S(=O)(=O)c3ccc(C)c(C)c3)CC2)n1. The normalized spacial score (nSPS) is 18.6. The number of rotatable bonds is 4. The van der Waals surface area contributed by atoms with Gasteiger partial charge in [-0.05, 0) is 44.0 Å². The first-order valence-corrected chi connectivity index (χ1v) is 11.8. The molecule has 8 nitrogen and oxygen atoms in total. The third-order valence-corrected chi connectivity index (χ3v) is 7.72. The Morgan fingerprint density at radius 1 is 0.800 bits per heavy atom. The molecule has 0 N–H and O–H groups in total. The fraction of sp³-hybridized carbons (Fsp3) is 0.524. The first-order valence-electron chi connectivity index (χ1n) is 10.4. The third-order valence-electron chi connectivity index (χ3n) is 5.82. The summed E-state index contributed by atoms with van der Waals surface area (Å²) < 4.78 is 33.2. The first kappa shape index (κ1) is 21.0. The fourth-order valence-electron chi connectivity index (χ4n) is 3.83. The zero-order valence-corrected chi connectivity index (χ0v) is 18.7. The summed E-state index contributed by atoms with van der Waals surface area (Å²) in [5.41, 5.74) is 2.08. The van der Waals surface area contributed by atoms with E-state index in [0.717, 1.165) is 41.7 Å². The highest BCUT2D eigenvalue weighted by molar-refractivity contribution is 7.89. The van der Waals surface area contributed by atoms with Crippen molar-refractivity contribution < 1.29 is 13.2 Å². The van der Waals surface area contributed by atoms with Crippen LogP contribution in [0.4, 0.5) is 11.6 Å². The van der Waals surface area contributed by atoms with Crippen molar-refractivity contribution in [3.63, 3.8) is 0 Å². The lowest BCUT2D eigenvalue weighted by Gasteiger charge is -2.35. The number of aryl methyl sites for hydroxylation is 3.